The molecule has 0 N–H and O–H groups in total. The molecular formula is C11H12NO2P. The quantitative estimate of drug-likeness (QED) is 0.798. The first kappa shape index (κ1) is 10.2. The maximum Gasteiger partial charge on any atom is 0.233 e. The summed E-state index contributed by atoms with van der Waals surface area (Å²) in [6, 6.07) is 7.38. The fraction of sp³-hybridized carbons (Fsp3) is 0.273. The summed E-state index contributed by atoms with van der Waals surface area (Å²) in [6.45, 7) is 2.66. The van der Waals surface area contributed by atoms with Crippen LogP contribution in [0.15, 0.2) is 29.1 Å². The lowest BCUT2D eigenvalue weighted by Gasteiger charge is -2.03. The third kappa shape index (κ3) is 2.18. The van der Waals surface area contributed by atoms with Crippen LogP contribution in [0.3, 0.4) is 0 Å². The molecule has 78 valence electrons. The minimum Gasteiger partial charge on any atom is -0.475 e. The van der Waals surface area contributed by atoms with Crippen LogP contribution in [0.4, 0.5) is 0 Å². The molecule has 1 aromatic carbocycles. The first-order chi connectivity index (χ1) is 7.31. The summed E-state index contributed by atoms with van der Waals surface area (Å²) in [6.07, 6.45) is 0.930. The first-order valence-electron chi connectivity index (χ1n) is 4.93. The van der Waals surface area contributed by atoms with Crippen LogP contribution < -0.4 is 9.90 Å². The first-order valence-corrected chi connectivity index (χ1v) is 5.93. The minimum absolute atomic E-state index is 0.0323. The van der Waals surface area contributed by atoms with Crippen molar-refractivity contribution in [2.75, 3.05) is 6.61 Å². The van der Waals surface area contributed by atoms with E-state index in [9.17, 15) is 4.79 Å². The summed E-state index contributed by atoms with van der Waals surface area (Å²) in [5.74, 6) is 0. The second-order valence-corrected chi connectivity index (χ2v) is 4.37. The van der Waals surface area contributed by atoms with Crippen molar-refractivity contribution in [3.63, 3.8) is 0 Å². The van der Waals surface area contributed by atoms with Gasteiger partial charge in [-0.1, -0.05) is 19.1 Å². The fourth-order valence-electron chi connectivity index (χ4n) is 1.33. The van der Waals surface area contributed by atoms with Crippen LogP contribution >= 0.6 is 8.19 Å². The Morgan fingerprint density at radius 1 is 1.40 bits per heavy atom. The van der Waals surface area contributed by atoms with Crippen molar-refractivity contribution in [1.29, 1.82) is 0 Å². The molecule has 0 aliphatic carbocycles. The average molecular weight is 221 g/mol. The van der Waals surface area contributed by atoms with Gasteiger partial charge in [0, 0.05) is 0 Å². The molecule has 3 nitrogen and oxygen atoms in total. The van der Waals surface area contributed by atoms with Gasteiger partial charge in [-0.15, -0.1) is 0 Å². The predicted molar refractivity (Wildman–Crippen MR) is 63.3 cm³/mol. The standard InChI is InChI=1S/C11H12NO2P/c1-2-7-14-11-12-9-6-4-3-5-8(9)10(13)15-11/h3-6,15H,2,7H2,1H3. The van der Waals surface area contributed by atoms with E-state index in [0.717, 1.165) is 11.9 Å². The van der Waals surface area contributed by atoms with Gasteiger partial charge >= 0.3 is 0 Å². The molecule has 1 atom stereocenters. The van der Waals surface area contributed by atoms with E-state index in [1.165, 1.54) is 0 Å². The maximum atomic E-state index is 11.7. The summed E-state index contributed by atoms with van der Waals surface area (Å²) >= 11 is 0. The molecule has 0 aliphatic heterocycles. The van der Waals surface area contributed by atoms with Crippen molar-refractivity contribution in [2.24, 2.45) is 0 Å². The molecule has 1 heterocycles. The van der Waals surface area contributed by atoms with E-state index in [1.807, 2.05) is 31.2 Å². The van der Waals surface area contributed by atoms with Gasteiger partial charge < -0.3 is 4.74 Å². The molecule has 15 heavy (non-hydrogen) atoms. The highest BCUT2D eigenvalue weighted by atomic mass is 31.0. The van der Waals surface area contributed by atoms with E-state index in [1.54, 1.807) is 0 Å². The molecular weight excluding hydrogens is 209 g/mol. The van der Waals surface area contributed by atoms with Gasteiger partial charge in [-0.2, -0.15) is 0 Å². The van der Waals surface area contributed by atoms with Crippen LogP contribution in [0.1, 0.15) is 13.3 Å². The molecule has 1 unspecified atom stereocenters. The Morgan fingerprint density at radius 3 is 3.00 bits per heavy atom. The Kier molecular flexibility index (Phi) is 3.02. The zero-order valence-corrected chi connectivity index (χ0v) is 9.49. The van der Waals surface area contributed by atoms with Gasteiger partial charge in [0.05, 0.1) is 17.5 Å². The third-order valence-corrected chi connectivity index (χ3v) is 3.00. The van der Waals surface area contributed by atoms with Crippen LogP contribution in [0.5, 0.6) is 5.61 Å². The molecule has 1 aromatic heterocycles. The van der Waals surface area contributed by atoms with Gasteiger partial charge in [0.2, 0.25) is 10.8 Å². The van der Waals surface area contributed by atoms with E-state index in [0.29, 0.717) is 17.6 Å². The number of hydrogen-bond donors (Lipinski definition) is 0. The number of rotatable bonds is 3. The molecule has 2 aromatic rings. The Hall–Kier alpha value is -1.34. The van der Waals surface area contributed by atoms with E-state index in [2.05, 4.69) is 4.98 Å². The summed E-state index contributed by atoms with van der Waals surface area (Å²) in [4.78, 5) is 16.0. The molecule has 0 radical (unpaired) electrons. The van der Waals surface area contributed by atoms with Crippen LogP contribution in [-0.4, -0.2) is 11.6 Å². The Balaban J connectivity index is 2.48. The highest BCUT2D eigenvalue weighted by Crippen LogP contribution is 2.20. The highest BCUT2D eigenvalue weighted by Gasteiger charge is 2.02. The van der Waals surface area contributed by atoms with Gasteiger partial charge in [-0.25, -0.2) is 4.98 Å². The SMILES string of the molecule is CCCOc1nc2ccccc2c(=O)[pH]1. The van der Waals surface area contributed by atoms with Gasteiger partial charge in [0.25, 0.3) is 0 Å². The van der Waals surface area contributed by atoms with Crippen molar-refractivity contribution in [3.8, 4) is 5.61 Å². The van der Waals surface area contributed by atoms with Gasteiger partial charge in [-0.3, -0.25) is 4.79 Å². The Labute approximate surface area is 89.2 Å². The lowest BCUT2D eigenvalue weighted by atomic mass is 10.3. The highest BCUT2D eigenvalue weighted by molar-refractivity contribution is 7.31. The van der Waals surface area contributed by atoms with Crippen molar-refractivity contribution in [3.05, 3.63) is 34.2 Å². The van der Waals surface area contributed by atoms with Crippen LogP contribution in [0, 0.1) is 0 Å². The second-order valence-electron chi connectivity index (χ2n) is 3.24. The minimum atomic E-state index is 0.0323. The molecule has 0 saturated carbocycles. The normalized spacial score (nSPS) is 11.0. The number of fused-ring (bicyclic) bond motifs is 1. The lowest BCUT2D eigenvalue weighted by Crippen LogP contribution is -2.00. The van der Waals surface area contributed by atoms with E-state index >= 15 is 0 Å². The smallest absolute Gasteiger partial charge is 0.233 e. The number of benzene rings is 1. The lowest BCUT2D eigenvalue weighted by molar-refractivity contribution is 0.316. The van der Waals surface area contributed by atoms with Crippen molar-refractivity contribution in [1.82, 2.24) is 4.98 Å². The molecule has 4 heteroatoms. The average Bonchev–Trinajstić information content (AvgIpc) is 2.26. The van der Waals surface area contributed by atoms with Gasteiger partial charge in [-0.05, 0) is 26.7 Å². The molecule has 0 amide bonds. The number of para-hydroxylation sites is 1. The van der Waals surface area contributed by atoms with Crippen LogP contribution in [-0.2, 0) is 0 Å². The second kappa shape index (κ2) is 4.45. The molecule has 0 spiro atoms. The molecule has 0 saturated heterocycles. The van der Waals surface area contributed by atoms with Crippen molar-refractivity contribution < 1.29 is 4.74 Å². The molecule has 2 rings (SSSR count). The summed E-state index contributed by atoms with van der Waals surface area (Å²) in [5.41, 5.74) is 1.30. The summed E-state index contributed by atoms with van der Waals surface area (Å²) in [7, 11) is 0.0323. The topological polar surface area (TPSA) is 39.2 Å². The zero-order chi connectivity index (χ0) is 10.7. The third-order valence-electron chi connectivity index (χ3n) is 2.03. The van der Waals surface area contributed by atoms with Crippen molar-refractivity contribution in [2.45, 2.75) is 13.3 Å². The summed E-state index contributed by atoms with van der Waals surface area (Å²) in [5, 5.41) is 0.825. The molecule has 0 fully saturated rings. The number of ether oxygens (including phenoxy) is 1. The zero-order valence-electron chi connectivity index (χ0n) is 8.49. The number of aromatic nitrogens is 1. The molecule has 0 aliphatic rings. The Morgan fingerprint density at radius 2 is 2.20 bits per heavy atom. The van der Waals surface area contributed by atoms with Gasteiger partial charge in [0.15, 0.2) is 0 Å². The monoisotopic (exact) mass is 221 g/mol. The predicted octanol–water partition coefficient (Wildman–Crippen LogP) is 2.42. The van der Waals surface area contributed by atoms with E-state index in [-0.39, 0.29) is 13.4 Å². The summed E-state index contributed by atoms with van der Waals surface area (Å²) < 4.78 is 5.40. The molecule has 0 bridgehead atoms. The number of nitrogens with zero attached hydrogens (tertiary/aromatic N) is 1. The fourth-order valence-corrected chi connectivity index (χ4v) is 2.22. The largest absolute Gasteiger partial charge is 0.475 e. The Bertz CT molecular complexity index is 521. The van der Waals surface area contributed by atoms with E-state index in [4.69, 9.17) is 4.74 Å². The van der Waals surface area contributed by atoms with Crippen LogP contribution in [0.2, 0.25) is 0 Å². The van der Waals surface area contributed by atoms with Gasteiger partial charge in [0.1, 0.15) is 0 Å². The van der Waals surface area contributed by atoms with E-state index < -0.39 is 0 Å². The van der Waals surface area contributed by atoms with Crippen LogP contribution in [0.25, 0.3) is 10.9 Å². The van der Waals surface area contributed by atoms with Crippen molar-refractivity contribution >= 4 is 19.1 Å². The maximum absolute atomic E-state index is 11.7. The number of hydrogen-bond acceptors (Lipinski definition) is 3.